The van der Waals surface area contributed by atoms with Crippen LogP contribution in [0.2, 0.25) is 0 Å². The highest BCUT2D eigenvalue weighted by Crippen LogP contribution is 1.84. The van der Waals surface area contributed by atoms with Gasteiger partial charge in [-0.3, -0.25) is 0 Å². The van der Waals surface area contributed by atoms with Crippen LogP contribution in [0.3, 0.4) is 0 Å². The molecule has 0 aliphatic carbocycles. The first kappa shape index (κ1) is 11.4. The van der Waals surface area contributed by atoms with Gasteiger partial charge in [0, 0.05) is 6.54 Å². The van der Waals surface area contributed by atoms with Crippen molar-refractivity contribution in [1.29, 1.82) is 0 Å². The molecule has 0 bridgehead atoms. The molecule has 0 aromatic rings. The van der Waals surface area contributed by atoms with Crippen LogP contribution in [0.4, 0.5) is 0 Å². The van der Waals surface area contributed by atoms with Gasteiger partial charge < -0.3 is 5.32 Å². The molecule has 0 spiro atoms. The summed E-state index contributed by atoms with van der Waals surface area (Å²) < 4.78 is 0. The number of hydrogen-bond acceptors (Lipinski definition) is 1. The van der Waals surface area contributed by atoms with E-state index in [1.54, 1.807) is 0 Å². The van der Waals surface area contributed by atoms with Crippen molar-refractivity contribution in [3.05, 3.63) is 12.3 Å². The first-order valence-electron chi connectivity index (χ1n) is 3.88. The molecule has 1 aliphatic heterocycles. The molecule has 0 atom stereocenters. The van der Waals surface area contributed by atoms with Gasteiger partial charge in [-0.25, -0.2) is 0 Å². The van der Waals surface area contributed by atoms with E-state index in [1.807, 2.05) is 33.9 Å². The third-order valence-electron chi connectivity index (χ3n) is 0.691. The summed E-state index contributed by atoms with van der Waals surface area (Å²) in [5.74, 6) is 0. The summed E-state index contributed by atoms with van der Waals surface area (Å²) in [6.45, 7) is 9.14. The molecule has 0 aromatic carbocycles. The van der Waals surface area contributed by atoms with Crippen LogP contribution in [0.1, 0.15) is 34.1 Å². The quantitative estimate of drug-likeness (QED) is 0.530. The summed E-state index contributed by atoms with van der Waals surface area (Å²) in [5.41, 5.74) is 0. The van der Waals surface area contributed by atoms with Gasteiger partial charge in [0.2, 0.25) is 0 Å². The minimum atomic E-state index is 1.14. The fourth-order valence-corrected chi connectivity index (χ4v) is 0.417. The molecule has 1 rings (SSSR count). The van der Waals surface area contributed by atoms with Gasteiger partial charge in [0.05, 0.1) is 0 Å². The summed E-state index contributed by atoms with van der Waals surface area (Å²) in [7, 11) is 0. The molecular formula is C8H19N. The van der Waals surface area contributed by atoms with E-state index in [1.165, 1.54) is 6.42 Å². The largest absolute Gasteiger partial charge is 0.391 e. The number of rotatable bonds is 0. The van der Waals surface area contributed by atoms with Crippen LogP contribution in [0.25, 0.3) is 0 Å². The molecule has 1 aliphatic rings. The van der Waals surface area contributed by atoms with Gasteiger partial charge in [-0.2, -0.15) is 0 Å². The first-order chi connectivity index (χ1) is 4.50. The maximum Gasteiger partial charge on any atom is 0.0176 e. The zero-order valence-corrected chi connectivity index (χ0v) is 7.07. The fourth-order valence-electron chi connectivity index (χ4n) is 0.417. The zero-order chi connectivity index (χ0) is 7.54. The summed E-state index contributed by atoms with van der Waals surface area (Å²) in [6, 6.07) is 0. The average molecular weight is 129 g/mol. The Kier molecular flexibility index (Phi) is 19.7. The van der Waals surface area contributed by atoms with E-state index in [2.05, 4.69) is 11.4 Å². The second-order valence-electron chi connectivity index (χ2n) is 1.15. The van der Waals surface area contributed by atoms with Crippen LogP contribution in [0.15, 0.2) is 12.3 Å². The van der Waals surface area contributed by atoms with Gasteiger partial charge in [0.1, 0.15) is 0 Å². The predicted molar refractivity (Wildman–Crippen MR) is 44.5 cm³/mol. The van der Waals surface area contributed by atoms with Gasteiger partial charge in [0.15, 0.2) is 0 Å². The molecule has 0 amide bonds. The Morgan fingerprint density at radius 3 is 1.78 bits per heavy atom. The summed E-state index contributed by atoms with van der Waals surface area (Å²) in [5, 5.41) is 3.04. The lowest BCUT2D eigenvalue weighted by Crippen LogP contribution is -1.96. The van der Waals surface area contributed by atoms with Crippen molar-refractivity contribution >= 4 is 0 Å². The molecule has 0 saturated carbocycles. The minimum Gasteiger partial charge on any atom is -0.391 e. The first-order valence-corrected chi connectivity index (χ1v) is 3.88. The van der Waals surface area contributed by atoms with Crippen molar-refractivity contribution in [2.45, 2.75) is 34.1 Å². The van der Waals surface area contributed by atoms with E-state index in [0.29, 0.717) is 0 Å². The predicted octanol–water partition coefficient (Wildman–Crippen LogP) is 2.55. The Morgan fingerprint density at radius 2 is 1.67 bits per heavy atom. The fraction of sp³-hybridized carbons (Fsp3) is 0.750. The van der Waals surface area contributed by atoms with Gasteiger partial charge in [-0.15, -0.1) is 0 Å². The van der Waals surface area contributed by atoms with Crippen molar-refractivity contribution in [3.8, 4) is 0 Å². The topological polar surface area (TPSA) is 12.0 Å². The highest BCUT2D eigenvalue weighted by atomic mass is 14.8. The van der Waals surface area contributed by atoms with Gasteiger partial charge in [0.25, 0.3) is 0 Å². The van der Waals surface area contributed by atoms with Crippen molar-refractivity contribution in [3.63, 3.8) is 0 Å². The Bertz CT molecular complexity index is 42.5. The van der Waals surface area contributed by atoms with E-state index in [9.17, 15) is 0 Å². The van der Waals surface area contributed by atoms with E-state index < -0.39 is 0 Å². The van der Waals surface area contributed by atoms with Gasteiger partial charge in [-0.1, -0.05) is 33.8 Å². The molecule has 0 saturated heterocycles. The van der Waals surface area contributed by atoms with Crippen molar-refractivity contribution in [2.75, 3.05) is 6.54 Å². The van der Waals surface area contributed by atoms with Crippen molar-refractivity contribution in [1.82, 2.24) is 5.32 Å². The molecule has 1 nitrogen and oxygen atoms in total. The Morgan fingerprint density at radius 1 is 1.11 bits per heavy atom. The van der Waals surface area contributed by atoms with Crippen molar-refractivity contribution in [2.24, 2.45) is 0 Å². The van der Waals surface area contributed by atoms with Crippen LogP contribution >= 0.6 is 0 Å². The second kappa shape index (κ2) is 15.6. The SMILES string of the molecule is C1=CNCC1.CC.CC. The van der Waals surface area contributed by atoms with Crippen molar-refractivity contribution < 1.29 is 0 Å². The average Bonchev–Trinajstić information content (AvgIpc) is 2.51. The Hall–Kier alpha value is -0.460. The summed E-state index contributed by atoms with van der Waals surface area (Å²) in [6.07, 6.45) is 5.32. The molecule has 0 aromatic heterocycles. The van der Waals surface area contributed by atoms with Gasteiger partial charge >= 0.3 is 0 Å². The number of nitrogens with one attached hydrogen (secondary N) is 1. The highest BCUT2D eigenvalue weighted by molar-refractivity contribution is 4.86. The molecule has 1 heteroatoms. The molecule has 0 unspecified atom stereocenters. The standard InChI is InChI=1S/C4H7N.2C2H6/c1-2-4-5-3-1;2*1-2/h1,3,5H,2,4H2;2*1-2H3. The Labute approximate surface area is 59.2 Å². The molecule has 1 heterocycles. The highest BCUT2D eigenvalue weighted by Gasteiger charge is 1.81. The lowest BCUT2D eigenvalue weighted by molar-refractivity contribution is 0.917. The minimum absolute atomic E-state index is 1.14. The molecule has 0 fully saturated rings. The van der Waals surface area contributed by atoms with E-state index in [0.717, 1.165) is 6.54 Å². The molecule has 0 radical (unpaired) electrons. The lowest BCUT2D eigenvalue weighted by atomic mass is 10.5. The number of hydrogen-bond donors (Lipinski definition) is 1. The third kappa shape index (κ3) is 11.2. The summed E-state index contributed by atoms with van der Waals surface area (Å²) in [4.78, 5) is 0. The van der Waals surface area contributed by atoms with Crippen LogP contribution in [0.5, 0.6) is 0 Å². The maximum atomic E-state index is 3.04. The smallest absolute Gasteiger partial charge is 0.0176 e. The Balaban J connectivity index is 0. The van der Waals surface area contributed by atoms with Crippen LogP contribution in [-0.2, 0) is 0 Å². The van der Waals surface area contributed by atoms with Crippen LogP contribution < -0.4 is 5.32 Å². The molecule has 9 heavy (non-hydrogen) atoms. The normalized spacial score (nSPS) is 12.0. The maximum absolute atomic E-state index is 3.04. The van der Waals surface area contributed by atoms with Crippen LogP contribution in [0, 0.1) is 0 Å². The molecule has 1 N–H and O–H groups in total. The summed E-state index contributed by atoms with van der Waals surface area (Å²) >= 11 is 0. The molecular weight excluding hydrogens is 110 g/mol. The second-order valence-corrected chi connectivity index (χ2v) is 1.15. The lowest BCUT2D eigenvalue weighted by Gasteiger charge is -1.78. The van der Waals surface area contributed by atoms with E-state index in [4.69, 9.17) is 0 Å². The van der Waals surface area contributed by atoms with E-state index in [-0.39, 0.29) is 0 Å². The monoisotopic (exact) mass is 129 g/mol. The third-order valence-corrected chi connectivity index (χ3v) is 0.691. The zero-order valence-electron chi connectivity index (χ0n) is 7.07. The van der Waals surface area contributed by atoms with E-state index >= 15 is 0 Å². The van der Waals surface area contributed by atoms with Crippen LogP contribution in [-0.4, -0.2) is 6.54 Å². The van der Waals surface area contributed by atoms with Gasteiger partial charge in [-0.05, 0) is 12.6 Å². The molecule has 56 valence electrons.